The number of methoxy groups -OCH3 is 1. The van der Waals surface area contributed by atoms with Gasteiger partial charge in [-0.2, -0.15) is 0 Å². The molecular weight excluding hydrogens is 496 g/mol. The zero-order valence-corrected chi connectivity index (χ0v) is 19.7. The average molecular weight is 518 g/mol. The predicted octanol–water partition coefficient (Wildman–Crippen LogP) is 0.156. The number of esters is 3. The maximum Gasteiger partial charge on any atom is 0.344 e. The molecule has 1 aliphatic rings. The average Bonchev–Trinajstić information content (AvgIpc) is 2.84. The fraction of sp³-hybridized carbons (Fsp3) is 0.333. The number of rotatable bonds is 5. The van der Waals surface area contributed by atoms with E-state index in [1.54, 1.807) is 0 Å². The highest BCUT2D eigenvalue weighted by Gasteiger charge is 2.48. The van der Waals surface area contributed by atoms with Crippen LogP contribution in [0.3, 0.4) is 0 Å². The Morgan fingerprint density at radius 3 is 2.05 bits per heavy atom. The summed E-state index contributed by atoms with van der Waals surface area (Å²) in [6, 6.07) is 6.78. The van der Waals surface area contributed by atoms with Gasteiger partial charge >= 0.3 is 23.5 Å². The highest BCUT2D eigenvalue weighted by Crippen LogP contribution is 2.36. The molecule has 0 bridgehead atoms. The van der Waals surface area contributed by atoms with Crippen molar-refractivity contribution >= 4 is 39.6 Å². The number of hydrogen-bond acceptors (Lipinski definition) is 13. The van der Waals surface area contributed by atoms with Gasteiger partial charge in [0, 0.05) is 30.7 Å². The Kier molecular flexibility index (Phi) is 7.14. The van der Waals surface area contributed by atoms with Gasteiger partial charge in [-0.1, -0.05) is 0 Å². The van der Waals surface area contributed by atoms with Crippen molar-refractivity contribution < 1.29 is 57.8 Å². The third kappa shape index (κ3) is 5.11. The van der Waals surface area contributed by atoms with Gasteiger partial charge < -0.3 is 43.4 Å². The van der Waals surface area contributed by atoms with Crippen molar-refractivity contribution in [2.24, 2.45) is 0 Å². The van der Waals surface area contributed by atoms with Crippen LogP contribution in [0.25, 0.3) is 21.7 Å². The van der Waals surface area contributed by atoms with E-state index in [1.165, 1.54) is 30.3 Å². The Morgan fingerprint density at radius 2 is 1.46 bits per heavy atom. The number of ether oxygens (including phenoxy) is 5. The lowest BCUT2D eigenvalue weighted by atomic mass is 9.99. The summed E-state index contributed by atoms with van der Waals surface area (Å²) in [5.74, 6) is -2.59. The zero-order valence-electron chi connectivity index (χ0n) is 19.7. The van der Waals surface area contributed by atoms with Gasteiger partial charge in [0.05, 0.1) is 12.5 Å². The molecule has 1 aromatic heterocycles. The van der Waals surface area contributed by atoms with E-state index in [1.807, 2.05) is 0 Å². The van der Waals surface area contributed by atoms with Crippen molar-refractivity contribution in [3.05, 3.63) is 40.8 Å². The first-order valence-electron chi connectivity index (χ1n) is 10.9. The van der Waals surface area contributed by atoms with E-state index in [0.29, 0.717) is 10.8 Å². The van der Waals surface area contributed by atoms with Gasteiger partial charge in [-0.15, -0.1) is 0 Å². The Morgan fingerprint density at radius 1 is 0.838 bits per heavy atom. The Bertz CT molecular complexity index is 1440. The van der Waals surface area contributed by atoms with Gasteiger partial charge in [0.2, 0.25) is 6.29 Å². The van der Waals surface area contributed by atoms with Crippen LogP contribution in [0.1, 0.15) is 13.8 Å². The second kappa shape index (κ2) is 10.1. The maximum absolute atomic E-state index is 12.7. The molecular formula is C24H22O13. The molecule has 37 heavy (non-hydrogen) atoms. The van der Waals surface area contributed by atoms with Crippen molar-refractivity contribution in [2.45, 2.75) is 44.6 Å². The minimum Gasteiger partial charge on any atom is -0.467 e. The molecule has 3 N–H and O–H groups in total. The molecule has 13 heteroatoms. The quantitative estimate of drug-likeness (QED) is 0.179. The smallest absolute Gasteiger partial charge is 0.344 e. The van der Waals surface area contributed by atoms with Crippen LogP contribution < -0.4 is 19.8 Å². The lowest BCUT2D eigenvalue weighted by Gasteiger charge is -2.38. The largest absolute Gasteiger partial charge is 0.467 e. The minimum absolute atomic E-state index is 0.0167. The first-order valence-corrected chi connectivity index (χ1v) is 10.9. The molecule has 0 unspecified atom stereocenters. The van der Waals surface area contributed by atoms with Gasteiger partial charge in [-0.05, 0) is 24.3 Å². The van der Waals surface area contributed by atoms with E-state index in [2.05, 4.69) is 4.74 Å². The monoisotopic (exact) mass is 518 g/mol. The van der Waals surface area contributed by atoms with Crippen LogP contribution in [0.5, 0.6) is 17.2 Å². The highest BCUT2D eigenvalue weighted by molar-refractivity contribution is 6.06. The molecule has 0 amide bonds. The Hall–Kier alpha value is -4.04. The summed E-state index contributed by atoms with van der Waals surface area (Å²) < 4.78 is 31.0. The summed E-state index contributed by atoms with van der Waals surface area (Å²) in [5, 5.41) is 31.1. The predicted molar refractivity (Wildman–Crippen MR) is 122 cm³/mol. The number of carbonyl (C=O) groups is 3. The van der Waals surface area contributed by atoms with Crippen molar-refractivity contribution in [2.75, 3.05) is 7.11 Å². The molecule has 1 fully saturated rings. The van der Waals surface area contributed by atoms with Crippen molar-refractivity contribution in [1.82, 2.24) is 0 Å². The molecule has 5 atom stereocenters. The van der Waals surface area contributed by atoms with E-state index >= 15 is 0 Å². The molecule has 196 valence electrons. The Balaban J connectivity index is 1.74. The molecule has 0 radical (unpaired) electrons. The second-order valence-electron chi connectivity index (χ2n) is 8.12. The molecule has 3 aromatic rings. The number of aliphatic hydroxyl groups is 3. The van der Waals surface area contributed by atoms with Crippen LogP contribution in [0, 0.1) is 0 Å². The van der Waals surface area contributed by atoms with Gasteiger partial charge in [0.15, 0.2) is 17.6 Å². The first kappa shape index (κ1) is 26.0. The molecule has 2 heterocycles. The standard InChI is InChI=1S/C24H22O13/c1-9(25)33-16-7-13-12-5-4-11(6-15(12)36-22(30)14(13)8-17(16)34-10(2)26)35-24-20(29)18(27)19(28)21(37-24)23(31)32-3/h4-8,18-21,24,27-29H,1-3H3/t18-,19-,20+,21-,24+/m0/s1. The number of hydrogen-bond donors (Lipinski definition) is 3. The van der Waals surface area contributed by atoms with Crippen molar-refractivity contribution in [3.8, 4) is 17.2 Å². The second-order valence-corrected chi connectivity index (χ2v) is 8.12. The third-order valence-corrected chi connectivity index (χ3v) is 5.51. The van der Waals surface area contributed by atoms with Gasteiger partial charge in [-0.25, -0.2) is 9.59 Å². The summed E-state index contributed by atoms with van der Waals surface area (Å²) in [6.45, 7) is 2.30. The molecule has 2 aromatic carbocycles. The summed E-state index contributed by atoms with van der Waals surface area (Å²) in [4.78, 5) is 47.6. The van der Waals surface area contributed by atoms with Gasteiger partial charge in [-0.3, -0.25) is 9.59 Å². The van der Waals surface area contributed by atoms with Crippen LogP contribution >= 0.6 is 0 Å². The zero-order chi connectivity index (χ0) is 27.0. The molecule has 1 saturated heterocycles. The van der Waals surface area contributed by atoms with Crippen LogP contribution in [0.2, 0.25) is 0 Å². The number of aliphatic hydroxyl groups excluding tert-OH is 3. The van der Waals surface area contributed by atoms with E-state index in [9.17, 15) is 34.5 Å². The third-order valence-electron chi connectivity index (χ3n) is 5.51. The van der Waals surface area contributed by atoms with Crippen LogP contribution in [-0.2, 0) is 23.9 Å². The Labute approximate surface area is 207 Å². The lowest BCUT2D eigenvalue weighted by Crippen LogP contribution is -2.61. The van der Waals surface area contributed by atoms with Crippen LogP contribution in [0.15, 0.2) is 39.5 Å². The van der Waals surface area contributed by atoms with E-state index < -0.39 is 54.2 Å². The molecule has 0 saturated carbocycles. The minimum atomic E-state index is -1.78. The summed E-state index contributed by atoms with van der Waals surface area (Å²) in [5.41, 5.74) is -0.778. The SMILES string of the molecule is COC(=O)[C@H]1O[C@@H](Oc2ccc3c(c2)oc(=O)c2cc(OC(C)=O)c(OC(C)=O)cc23)[C@H](O)[C@@H](O)[C@@H]1O. The van der Waals surface area contributed by atoms with E-state index in [4.69, 9.17) is 23.4 Å². The number of carbonyl (C=O) groups excluding carboxylic acids is 3. The molecule has 1 aliphatic heterocycles. The van der Waals surface area contributed by atoms with Crippen LogP contribution in [0.4, 0.5) is 0 Å². The van der Waals surface area contributed by atoms with Crippen LogP contribution in [-0.4, -0.2) is 71.0 Å². The number of fused-ring (bicyclic) bond motifs is 3. The highest BCUT2D eigenvalue weighted by atomic mass is 16.7. The summed E-state index contributed by atoms with van der Waals surface area (Å²) in [7, 11) is 1.06. The normalized spacial score (nSPS) is 23.5. The fourth-order valence-corrected chi connectivity index (χ4v) is 3.85. The topological polar surface area (TPSA) is 188 Å². The van der Waals surface area contributed by atoms with E-state index in [-0.39, 0.29) is 28.2 Å². The summed E-state index contributed by atoms with van der Waals surface area (Å²) >= 11 is 0. The maximum atomic E-state index is 12.7. The van der Waals surface area contributed by atoms with Gasteiger partial charge in [0.25, 0.3) is 0 Å². The van der Waals surface area contributed by atoms with Crippen molar-refractivity contribution in [1.29, 1.82) is 0 Å². The molecule has 13 nitrogen and oxygen atoms in total. The molecule has 0 spiro atoms. The van der Waals surface area contributed by atoms with Gasteiger partial charge in [0.1, 0.15) is 29.6 Å². The fourth-order valence-electron chi connectivity index (χ4n) is 3.85. The molecule has 4 rings (SSSR count). The summed E-state index contributed by atoms with van der Waals surface area (Å²) in [6.07, 6.45) is -8.49. The first-order chi connectivity index (χ1) is 17.5. The number of benzene rings is 2. The van der Waals surface area contributed by atoms with Crippen molar-refractivity contribution in [3.63, 3.8) is 0 Å². The molecule has 0 aliphatic carbocycles. The lowest BCUT2D eigenvalue weighted by molar-refractivity contribution is -0.271. The van der Waals surface area contributed by atoms with E-state index in [0.717, 1.165) is 21.0 Å².